The van der Waals surface area contributed by atoms with Crippen molar-refractivity contribution in [2.24, 2.45) is 0 Å². The van der Waals surface area contributed by atoms with Gasteiger partial charge in [-0.3, -0.25) is 9.10 Å². The molecule has 150 valence electrons. The van der Waals surface area contributed by atoms with Crippen LogP contribution in [0, 0.1) is 6.92 Å². The first-order valence-electron chi connectivity index (χ1n) is 9.14. The van der Waals surface area contributed by atoms with E-state index in [-0.39, 0.29) is 24.7 Å². The van der Waals surface area contributed by atoms with Gasteiger partial charge < -0.3 is 14.8 Å². The van der Waals surface area contributed by atoms with E-state index >= 15 is 0 Å². The third kappa shape index (κ3) is 4.56. The number of nitrogens with one attached hydrogen (secondary N) is 1. The molecule has 7 nitrogen and oxygen atoms in total. The molecule has 2 aromatic rings. The Morgan fingerprint density at radius 2 is 2.04 bits per heavy atom. The smallest absolute Gasteiger partial charge is 0.263 e. The summed E-state index contributed by atoms with van der Waals surface area (Å²) in [4.78, 5) is 12.5. The van der Waals surface area contributed by atoms with Crippen molar-refractivity contribution in [3.05, 3.63) is 54.1 Å². The monoisotopic (exact) mass is 404 g/mol. The van der Waals surface area contributed by atoms with Crippen molar-refractivity contribution < 1.29 is 22.7 Å². The molecule has 1 amide bonds. The number of benzene rings is 2. The number of carbonyl (C=O) groups is 1. The van der Waals surface area contributed by atoms with Crippen LogP contribution >= 0.6 is 0 Å². The summed E-state index contributed by atoms with van der Waals surface area (Å²) < 4.78 is 37.5. The molecular weight excluding hydrogens is 380 g/mol. The second-order valence-electron chi connectivity index (χ2n) is 6.46. The van der Waals surface area contributed by atoms with Gasteiger partial charge in [-0.05, 0) is 43.7 Å². The van der Waals surface area contributed by atoms with E-state index in [0.29, 0.717) is 18.0 Å². The number of aryl methyl sites for hydroxylation is 1. The average Bonchev–Trinajstić information content (AvgIpc) is 2.70. The molecule has 0 spiro atoms. The van der Waals surface area contributed by atoms with E-state index in [0.717, 1.165) is 11.3 Å². The summed E-state index contributed by atoms with van der Waals surface area (Å²) in [6.07, 6.45) is -0.921. The lowest BCUT2D eigenvalue weighted by Gasteiger charge is -2.34. The van der Waals surface area contributed by atoms with Crippen molar-refractivity contribution in [1.82, 2.24) is 5.32 Å². The Hall–Kier alpha value is -2.74. The molecule has 1 atom stereocenters. The number of rotatable bonds is 7. The fourth-order valence-corrected chi connectivity index (χ4v) is 4.04. The topological polar surface area (TPSA) is 84.9 Å². The molecule has 0 fully saturated rings. The standard InChI is InChI=1S/C20H24N2O5S/c1-3-28(24,25)22-14-19(27-18-10-5-4-9-17(18)22)20(23)21-11-12-26-16-8-6-7-15(2)13-16/h4-10,13,19H,3,11-12,14H2,1-2H3,(H,21,23). The molecule has 3 rings (SSSR count). The molecule has 1 N–H and O–H groups in total. The minimum Gasteiger partial charge on any atom is -0.492 e. The molecule has 1 heterocycles. The Bertz CT molecular complexity index is 945. The number of amides is 1. The molecule has 28 heavy (non-hydrogen) atoms. The van der Waals surface area contributed by atoms with E-state index in [4.69, 9.17) is 9.47 Å². The van der Waals surface area contributed by atoms with E-state index in [1.165, 1.54) is 4.31 Å². The summed E-state index contributed by atoms with van der Waals surface area (Å²) in [6, 6.07) is 14.5. The van der Waals surface area contributed by atoms with Gasteiger partial charge in [0.05, 0.1) is 24.5 Å². The Morgan fingerprint density at radius 1 is 1.25 bits per heavy atom. The van der Waals surface area contributed by atoms with Crippen LogP contribution in [0.25, 0.3) is 0 Å². The molecule has 0 saturated heterocycles. The zero-order chi connectivity index (χ0) is 20.1. The largest absolute Gasteiger partial charge is 0.492 e. The van der Waals surface area contributed by atoms with Crippen LogP contribution in [-0.2, 0) is 14.8 Å². The van der Waals surface area contributed by atoms with Gasteiger partial charge in [0, 0.05) is 0 Å². The number of fused-ring (bicyclic) bond motifs is 1. The molecule has 2 aromatic carbocycles. The molecule has 0 aliphatic carbocycles. The SMILES string of the molecule is CCS(=O)(=O)N1CC(C(=O)NCCOc2cccc(C)c2)Oc2ccccc21. The van der Waals surface area contributed by atoms with Crippen molar-refractivity contribution in [2.45, 2.75) is 20.0 Å². The maximum Gasteiger partial charge on any atom is 0.263 e. The minimum atomic E-state index is -3.52. The lowest BCUT2D eigenvalue weighted by Crippen LogP contribution is -2.51. The molecule has 8 heteroatoms. The summed E-state index contributed by atoms with van der Waals surface area (Å²) in [5.74, 6) is 0.679. The van der Waals surface area contributed by atoms with Crippen LogP contribution in [-0.4, -0.2) is 45.9 Å². The third-order valence-electron chi connectivity index (χ3n) is 4.39. The van der Waals surface area contributed by atoms with Gasteiger partial charge in [0.1, 0.15) is 18.1 Å². The summed E-state index contributed by atoms with van der Waals surface area (Å²) in [7, 11) is -3.52. The van der Waals surface area contributed by atoms with Gasteiger partial charge in [-0.25, -0.2) is 8.42 Å². The fraction of sp³-hybridized carbons (Fsp3) is 0.350. The highest BCUT2D eigenvalue weighted by Crippen LogP contribution is 2.35. The van der Waals surface area contributed by atoms with Gasteiger partial charge in [-0.2, -0.15) is 0 Å². The molecular formula is C20H24N2O5S. The van der Waals surface area contributed by atoms with Crippen molar-refractivity contribution in [3.8, 4) is 11.5 Å². The van der Waals surface area contributed by atoms with Crippen LogP contribution in [0.4, 0.5) is 5.69 Å². The summed E-state index contributed by atoms with van der Waals surface area (Å²) in [5, 5.41) is 2.75. The number of para-hydroxylation sites is 2. The van der Waals surface area contributed by atoms with E-state index in [1.54, 1.807) is 31.2 Å². The van der Waals surface area contributed by atoms with Crippen molar-refractivity contribution in [1.29, 1.82) is 0 Å². The molecule has 0 saturated carbocycles. The molecule has 0 bridgehead atoms. The highest BCUT2D eigenvalue weighted by atomic mass is 32.2. The Labute approximate surface area is 165 Å². The summed E-state index contributed by atoms with van der Waals surface area (Å²) in [6.45, 7) is 4.08. The maximum absolute atomic E-state index is 12.5. The zero-order valence-electron chi connectivity index (χ0n) is 15.9. The van der Waals surface area contributed by atoms with Crippen LogP contribution in [0.2, 0.25) is 0 Å². The molecule has 0 radical (unpaired) electrons. The fourth-order valence-electron chi connectivity index (χ4n) is 2.92. The number of ether oxygens (including phenoxy) is 2. The van der Waals surface area contributed by atoms with E-state index in [1.807, 2.05) is 31.2 Å². The highest BCUT2D eigenvalue weighted by Gasteiger charge is 2.35. The second-order valence-corrected chi connectivity index (χ2v) is 8.64. The second kappa shape index (κ2) is 8.52. The zero-order valence-corrected chi connectivity index (χ0v) is 16.7. The van der Waals surface area contributed by atoms with Gasteiger partial charge in [0.2, 0.25) is 10.0 Å². The molecule has 1 aliphatic heterocycles. The van der Waals surface area contributed by atoms with Crippen molar-refractivity contribution in [2.75, 3.05) is 29.8 Å². The first-order chi connectivity index (χ1) is 13.4. The number of hydrogen-bond acceptors (Lipinski definition) is 5. The highest BCUT2D eigenvalue weighted by molar-refractivity contribution is 7.92. The predicted molar refractivity (Wildman–Crippen MR) is 107 cm³/mol. The first-order valence-corrected chi connectivity index (χ1v) is 10.7. The van der Waals surface area contributed by atoms with E-state index in [2.05, 4.69) is 5.32 Å². The van der Waals surface area contributed by atoms with Gasteiger partial charge in [0.15, 0.2) is 6.10 Å². The van der Waals surface area contributed by atoms with Gasteiger partial charge in [0.25, 0.3) is 5.91 Å². The lowest BCUT2D eigenvalue weighted by atomic mass is 10.2. The number of hydrogen-bond donors (Lipinski definition) is 1. The first kappa shape index (κ1) is 20.0. The number of sulfonamides is 1. The van der Waals surface area contributed by atoms with Crippen LogP contribution in [0.5, 0.6) is 11.5 Å². The third-order valence-corrected chi connectivity index (χ3v) is 6.13. The molecule has 1 aliphatic rings. The Kier molecular flexibility index (Phi) is 6.08. The van der Waals surface area contributed by atoms with E-state index < -0.39 is 16.1 Å². The summed E-state index contributed by atoms with van der Waals surface area (Å²) in [5.41, 5.74) is 1.55. The lowest BCUT2D eigenvalue weighted by molar-refractivity contribution is -0.127. The molecule has 1 unspecified atom stereocenters. The average molecular weight is 404 g/mol. The van der Waals surface area contributed by atoms with E-state index in [9.17, 15) is 13.2 Å². The Balaban J connectivity index is 1.61. The summed E-state index contributed by atoms with van der Waals surface area (Å²) >= 11 is 0. The maximum atomic E-state index is 12.5. The van der Waals surface area contributed by atoms with Gasteiger partial charge in [-0.15, -0.1) is 0 Å². The van der Waals surface area contributed by atoms with Crippen LogP contribution in [0.1, 0.15) is 12.5 Å². The number of carbonyl (C=O) groups excluding carboxylic acids is 1. The normalized spacial score (nSPS) is 16.1. The Morgan fingerprint density at radius 3 is 2.79 bits per heavy atom. The van der Waals surface area contributed by atoms with Crippen molar-refractivity contribution in [3.63, 3.8) is 0 Å². The van der Waals surface area contributed by atoms with Gasteiger partial charge >= 0.3 is 0 Å². The van der Waals surface area contributed by atoms with Crippen LogP contribution in [0.3, 0.4) is 0 Å². The predicted octanol–water partition coefficient (Wildman–Crippen LogP) is 2.11. The van der Waals surface area contributed by atoms with Crippen molar-refractivity contribution >= 4 is 21.6 Å². The quantitative estimate of drug-likeness (QED) is 0.715. The van der Waals surface area contributed by atoms with Crippen LogP contribution in [0.15, 0.2) is 48.5 Å². The molecule has 0 aromatic heterocycles. The number of anilines is 1. The number of nitrogens with zero attached hydrogens (tertiary/aromatic N) is 1. The van der Waals surface area contributed by atoms with Gasteiger partial charge in [-0.1, -0.05) is 24.3 Å². The van der Waals surface area contributed by atoms with Crippen LogP contribution < -0.4 is 19.1 Å². The minimum absolute atomic E-state index is 0.0555.